The van der Waals surface area contributed by atoms with Gasteiger partial charge < -0.3 is 20.1 Å². The van der Waals surface area contributed by atoms with Crippen molar-refractivity contribution in [2.45, 2.75) is 6.42 Å². The van der Waals surface area contributed by atoms with Gasteiger partial charge in [0.25, 0.3) is 11.7 Å². The first-order valence-electron chi connectivity index (χ1n) is 9.96. The van der Waals surface area contributed by atoms with Crippen molar-refractivity contribution < 1.29 is 24.6 Å². The monoisotopic (exact) mass is 410 g/mol. The average molecular weight is 411 g/mol. The van der Waals surface area contributed by atoms with Gasteiger partial charge in [0.1, 0.15) is 5.52 Å². The highest BCUT2D eigenvalue weighted by molar-refractivity contribution is 6.00. The molecule has 0 bridgehead atoms. The smallest absolute Gasteiger partial charge is 0.279 e. The van der Waals surface area contributed by atoms with Crippen LogP contribution in [0.2, 0.25) is 0 Å². The maximum Gasteiger partial charge on any atom is 0.279 e. The Labute approximate surface area is 177 Å². The molecular weight excluding hydrogens is 380 g/mol. The number of H-pyrrole nitrogens is 1. The molecule has 2 aromatic carbocycles. The number of amides is 1. The normalized spacial score (nSPS) is 10.7. The number of nitrogens with one attached hydrogen (secondary N) is 2. The Morgan fingerprint density at radius 3 is 2.57 bits per heavy atom. The second kappa shape index (κ2) is 9.93. The van der Waals surface area contributed by atoms with Gasteiger partial charge in [-0.3, -0.25) is 9.69 Å². The van der Waals surface area contributed by atoms with Gasteiger partial charge in [-0.15, -0.1) is 0 Å². The summed E-state index contributed by atoms with van der Waals surface area (Å²) in [5, 5.41) is 6.06. The zero-order valence-corrected chi connectivity index (χ0v) is 18.0. The first kappa shape index (κ1) is 21.4. The molecule has 0 fully saturated rings. The number of fused-ring (bicyclic) bond motifs is 1. The van der Waals surface area contributed by atoms with Crippen LogP contribution in [0, 0.1) is 0 Å². The van der Waals surface area contributed by atoms with E-state index in [4.69, 9.17) is 9.47 Å². The van der Waals surface area contributed by atoms with Gasteiger partial charge in [-0.1, -0.05) is 18.2 Å². The van der Waals surface area contributed by atoms with E-state index in [0.717, 1.165) is 46.7 Å². The Morgan fingerprint density at radius 1 is 1.07 bits per heavy atom. The maximum atomic E-state index is 12.5. The van der Waals surface area contributed by atoms with Crippen LogP contribution in [0.1, 0.15) is 5.56 Å². The lowest BCUT2D eigenvalue weighted by Crippen LogP contribution is -2.86. The number of benzene rings is 2. The maximum absolute atomic E-state index is 12.5. The summed E-state index contributed by atoms with van der Waals surface area (Å²) in [6.07, 6.45) is 0.835. The van der Waals surface area contributed by atoms with Gasteiger partial charge >= 0.3 is 0 Å². The number of hydrogen-bond acceptors (Lipinski definition) is 4. The van der Waals surface area contributed by atoms with Crippen molar-refractivity contribution in [1.82, 2.24) is 0 Å². The summed E-state index contributed by atoms with van der Waals surface area (Å²) in [5.74, 6) is 2.34. The molecule has 1 aromatic heterocycles. The van der Waals surface area contributed by atoms with Crippen LogP contribution in [0.25, 0.3) is 10.9 Å². The number of anilines is 2. The second-order valence-electron chi connectivity index (χ2n) is 7.28. The van der Waals surface area contributed by atoms with Crippen molar-refractivity contribution >= 4 is 28.3 Å². The number of nitrogens with two attached hydrogens (primary N) is 1. The molecule has 3 rings (SSSR count). The number of pyridine rings is 1. The van der Waals surface area contributed by atoms with Crippen LogP contribution >= 0.6 is 0 Å². The number of aromatic amines is 1. The van der Waals surface area contributed by atoms with E-state index in [-0.39, 0.29) is 5.91 Å². The van der Waals surface area contributed by atoms with E-state index in [1.807, 2.05) is 72.8 Å². The number of aromatic nitrogens is 1. The first-order valence-corrected chi connectivity index (χ1v) is 9.96. The lowest BCUT2D eigenvalue weighted by atomic mass is 10.1. The van der Waals surface area contributed by atoms with E-state index in [9.17, 15) is 4.79 Å². The third-order valence-corrected chi connectivity index (χ3v) is 4.93. The highest BCUT2D eigenvalue weighted by atomic mass is 16.5. The minimum Gasteiger partial charge on any atom is -0.493 e. The van der Waals surface area contributed by atoms with E-state index in [2.05, 4.69) is 10.3 Å². The molecule has 30 heavy (non-hydrogen) atoms. The van der Waals surface area contributed by atoms with E-state index in [1.54, 1.807) is 14.2 Å². The highest BCUT2D eigenvalue weighted by Crippen LogP contribution is 2.27. The zero-order valence-electron chi connectivity index (χ0n) is 18.0. The van der Waals surface area contributed by atoms with E-state index in [0.29, 0.717) is 12.3 Å². The summed E-state index contributed by atoms with van der Waals surface area (Å²) in [5.41, 5.74) is 2.94. The number of hydrogen-bond donors (Lipinski definition) is 2. The molecule has 0 saturated carbocycles. The fraction of sp³-hybridized carbons (Fsp3) is 0.304. The van der Waals surface area contributed by atoms with Gasteiger partial charge in [-0.25, -0.2) is 4.98 Å². The highest BCUT2D eigenvalue weighted by Gasteiger charge is 2.14. The van der Waals surface area contributed by atoms with Gasteiger partial charge in [-0.2, -0.15) is 0 Å². The lowest BCUT2D eigenvalue weighted by molar-refractivity contribution is -0.643. The molecule has 1 heterocycles. The largest absolute Gasteiger partial charge is 0.493 e. The predicted molar refractivity (Wildman–Crippen MR) is 118 cm³/mol. The molecule has 0 aliphatic rings. The summed E-state index contributed by atoms with van der Waals surface area (Å²) in [7, 11) is 7.19. The molecule has 1 amide bonds. The molecule has 0 unspecified atom stereocenters. The SMILES string of the molecule is COc1ccc(CC[NH2+]CC(=O)Nc2cc(N(C)C)[nH+]c3ccccc23)cc1OC. The van der Waals surface area contributed by atoms with Crippen LogP contribution in [0.15, 0.2) is 48.5 Å². The number of carbonyl (C=O) groups excluding carboxylic acids is 1. The Morgan fingerprint density at radius 2 is 1.83 bits per heavy atom. The Kier molecular flexibility index (Phi) is 7.08. The summed E-state index contributed by atoms with van der Waals surface area (Å²) < 4.78 is 10.6. The predicted octanol–water partition coefficient (Wildman–Crippen LogP) is 1.48. The Hall–Kier alpha value is -3.32. The zero-order chi connectivity index (χ0) is 21.5. The fourth-order valence-corrected chi connectivity index (χ4v) is 3.30. The van der Waals surface area contributed by atoms with Crippen LogP contribution in [0.3, 0.4) is 0 Å². The molecule has 158 valence electrons. The first-order chi connectivity index (χ1) is 14.5. The molecule has 7 nitrogen and oxygen atoms in total. The van der Waals surface area contributed by atoms with Crippen LogP contribution in [0.5, 0.6) is 11.5 Å². The molecule has 4 N–H and O–H groups in total. The minimum absolute atomic E-state index is 0.0247. The number of quaternary nitrogens is 1. The van der Waals surface area contributed by atoms with Crippen molar-refractivity contribution in [3.8, 4) is 11.5 Å². The third kappa shape index (κ3) is 5.18. The number of para-hydroxylation sites is 1. The van der Waals surface area contributed by atoms with Crippen molar-refractivity contribution in [2.24, 2.45) is 0 Å². The average Bonchev–Trinajstić information content (AvgIpc) is 2.76. The fourth-order valence-electron chi connectivity index (χ4n) is 3.30. The molecule has 0 saturated heterocycles. The second-order valence-corrected chi connectivity index (χ2v) is 7.28. The quantitative estimate of drug-likeness (QED) is 0.524. The molecule has 7 heteroatoms. The molecule has 0 aliphatic carbocycles. The Bertz CT molecular complexity index is 1020. The van der Waals surface area contributed by atoms with E-state index < -0.39 is 0 Å². The summed E-state index contributed by atoms with van der Waals surface area (Å²) in [6, 6.07) is 15.8. The molecule has 0 spiro atoms. The van der Waals surface area contributed by atoms with Gasteiger partial charge in [0.15, 0.2) is 18.0 Å². The van der Waals surface area contributed by atoms with Crippen molar-refractivity contribution in [3.05, 3.63) is 54.1 Å². The number of rotatable bonds is 9. The van der Waals surface area contributed by atoms with Crippen molar-refractivity contribution in [2.75, 3.05) is 51.6 Å². The molecule has 3 aromatic rings. The van der Waals surface area contributed by atoms with Crippen molar-refractivity contribution in [3.63, 3.8) is 0 Å². The summed E-state index contributed by atoms with van der Waals surface area (Å²) in [6.45, 7) is 1.16. The molecular formula is C23H30N4O3+2. The molecule has 0 atom stereocenters. The summed E-state index contributed by atoms with van der Waals surface area (Å²) in [4.78, 5) is 17.9. The van der Waals surface area contributed by atoms with Crippen LogP contribution in [-0.2, 0) is 11.2 Å². The Balaban J connectivity index is 1.58. The van der Waals surface area contributed by atoms with Gasteiger partial charge in [0.2, 0.25) is 0 Å². The topological polar surface area (TPSA) is 81.5 Å². The van der Waals surface area contributed by atoms with Crippen molar-refractivity contribution in [1.29, 1.82) is 0 Å². The van der Waals surface area contributed by atoms with Gasteiger partial charge in [0.05, 0.1) is 46.6 Å². The standard InChI is InChI=1S/C23H28N4O3/c1-27(2)22-14-19(17-7-5-6-8-18(17)25-22)26-23(28)15-24-12-11-16-9-10-20(29-3)21(13-16)30-4/h5-10,13-14,24H,11-12,15H2,1-4H3,(H,25,26,28)/p+2. The number of carbonyl (C=O) groups is 1. The van der Waals surface area contributed by atoms with E-state index in [1.165, 1.54) is 0 Å². The third-order valence-electron chi connectivity index (χ3n) is 4.93. The lowest BCUT2D eigenvalue weighted by Gasteiger charge is -2.11. The van der Waals surface area contributed by atoms with Crippen LogP contribution in [0.4, 0.5) is 11.5 Å². The number of methoxy groups -OCH3 is 2. The molecule has 0 radical (unpaired) electrons. The van der Waals surface area contributed by atoms with Gasteiger partial charge in [-0.05, 0) is 29.8 Å². The van der Waals surface area contributed by atoms with E-state index >= 15 is 0 Å². The molecule has 0 aliphatic heterocycles. The van der Waals surface area contributed by atoms with Crippen LogP contribution in [-0.4, -0.2) is 47.3 Å². The number of ether oxygens (including phenoxy) is 2. The van der Waals surface area contributed by atoms with Gasteiger partial charge in [0, 0.05) is 11.8 Å². The van der Waals surface area contributed by atoms with Crippen LogP contribution < -0.4 is 30.0 Å². The number of nitrogens with zero attached hydrogens (tertiary/aromatic N) is 1. The minimum atomic E-state index is -0.0247. The summed E-state index contributed by atoms with van der Waals surface area (Å²) >= 11 is 0.